The number of aryl methyl sites for hydroxylation is 1. The molecule has 0 fully saturated rings. The smallest absolute Gasteiger partial charge is 0.00108 e. The second kappa shape index (κ2) is 7.58. The van der Waals surface area contributed by atoms with Crippen molar-refractivity contribution in [3.05, 3.63) is 35.4 Å². The Morgan fingerprint density at radius 2 is 1.72 bits per heavy atom. The first-order valence-electron chi connectivity index (χ1n) is 7.42. The third-order valence-corrected chi connectivity index (χ3v) is 4.25. The molecule has 0 aliphatic carbocycles. The molecule has 0 spiro atoms. The van der Waals surface area contributed by atoms with Gasteiger partial charge < -0.3 is 5.32 Å². The van der Waals surface area contributed by atoms with E-state index in [4.69, 9.17) is 0 Å². The van der Waals surface area contributed by atoms with Crippen LogP contribution in [0.15, 0.2) is 24.3 Å². The molecule has 18 heavy (non-hydrogen) atoms. The van der Waals surface area contributed by atoms with Crippen molar-refractivity contribution in [2.45, 2.75) is 53.4 Å². The van der Waals surface area contributed by atoms with Crippen molar-refractivity contribution < 1.29 is 0 Å². The van der Waals surface area contributed by atoms with Crippen LogP contribution in [0.5, 0.6) is 0 Å². The summed E-state index contributed by atoms with van der Waals surface area (Å²) < 4.78 is 0. The van der Waals surface area contributed by atoms with Crippen molar-refractivity contribution in [2.75, 3.05) is 13.1 Å². The van der Waals surface area contributed by atoms with Crippen LogP contribution in [0, 0.1) is 12.3 Å². The average molecular weight is 247 g/mol. The number of benzene rings is 1. The first kappa shape index (κ1) is 15.2. The Balaban J connectivity index is 2.75. The second-order valence-corrected chi connectivity index (χ2v) is 5.49. The lowest BCUT2D eigenvalue weighted by Gasteiger charge is -2.33. The molecule has 1 heteroatoms. The fourth-order valence-electron chi connectivity index (χ4n) is 2.56. The van der Waals surface area contributed by atoms with Gasteiger partial charge in [-0.15, -0.1) is 0 Å². The summed E-state index contributed by atoms with van der Waals surface area (Å²) in [5.74, 6) is 0. The highest BCUT2D eigenvalue weighted by atomic mass is 14.9. The third-order valence-electron chi connectivity index (χ3n) is 4.25. The van der Waals surface area contributed by atoms with Crippen LogP contribution in [0.4, 0.5) is 0 Å². The van der Waals surface area contributed by atoms with E-state index in [1.807, 2.05) is 0 Å². The zero-order chi connectivity index (χ0) is 13.4. The van der Waals surface area contributed by atoms with Crippen LogP contribution >= 0.6 is 0 Å². The average Bonchev–Trinajstić information content (AvgIpc) is 2.40. The van der Waals surface area contributed by atoms with E-state index < -0.39 is 0 Å². The van der Waals surface area contributed by atoms with Crippen LogP contribution in [0.2, 0.25) is 0 Å². The molecule has 0 bridgehead atoms. The van der Waals surface area contributed by atoms with Gasteiger partial charge in [-0.3, -0.25) is 0 Å². The first-order chi connectivity index (χ1) is 8.67. The first-order valence-corrected chi connectivity index (χ1v) is 7.42. The summed E-state index contributed by atoms with van der Waals surface area (Å²) in [4.78, 5) is 0. The molecule has 1 rings (SSSR count). The Labute approximate surface area is 113 Å². The maximum absolute atomic E-state index is 3.62. The normalized spacial score (nSPS) is 11.8. The molecule has 0 aromatic heterocycles. The monoisotopic (exact) mass is 247 g/mol. The van der Waals surface area contributed by atoms with E-state index in [0.29, 0.717) is 5.41 Å². The highest BCUT2D eigenvalue weighted by Gasteiger charge is 2.26. The summed E-state index contributed by atoms with van der Waals surface area (Å²) >= 11 is 0. The van der Waals surface area contributed by atoms with E-state index in [0.717, 1.165) is 13.1 Å². The Morgan fingerprint density at radius 3 is 2.28 bits per heavy atom. The standard InChI is InChI=1S/C17H29N/c1-5-12-18-14-17(6-2,7-3)13-16-11-9-8-10-15(16)4/h8-11,18H,5-7,12-14H2,1-4H3. The molecule has 1 aromatic rings. The van der Waals surface area contributed by atoms with E-state index in [1.165, 1.54) is 36.8 Å². The number of hydrogen-bond acceptors (Lipinski definition) is 1. The number of rotatable bonds is 8. The molecule has 1 N–H and O–H groups in total. The molecule has 0 aliphatic rings. The molecule has 102 valence electrons. The van der Waals surface area contributed by atoms with Gasteiger partial charge in [-0.05, 0) is 55.7 Å². The van der Waals surface area contributed by atoms with E-state index in [-0.39, 0.29) is 0 Å². The van der Waals surface area contributed by atoms with E-state index >= 15 is 0 Å². The molecule has 1 aromatic carbocycles. The largest absolute Gasteiger partial charge is 0.316 e. The lowest BCUT2D eigenvalue weighted by Crippen LogP contribution is -2.36. The molecule has 0 heterocycles. The Hall–Kier alpha value is -0.820. The molecule has 0 aliphatic heterocycles. The van der Waals surface area contributed by atoms with Gasteiger partial charge in [0.05, 0.1) is 0 Å². The minimum absolute atomic E-state index is 0.418. The van der Waals surface area contributed by atoms with Crippen molar-refractivity contribution in [1.29, 1.82) is 0 Å². The van der Waals surface area contributed by atoms with Crippen molar-refractivity contribution >= 4 is 0 Å². The highest BCUT2D eigenvalue weighted by Crippen LogP contribution is 2.31. The predicted molar refractivity (Wildman–Crippen MR) is 81.1 cm³/mol. The quantitative estimate of drug-likeness (QED) is 0.674. The topological polar surface area (TPSA) is 12.0 Å². The lowest BCUT2D eigenvalue weighted by molar-refractivity contribution is 0.246. The summed E-state index contributed by atoms with van der Waals surface area (Å²) in [5.41, 5.74) is 3.36. The van der Waals surface area contributed by atoms with Crippen molar-refractivity contribution in [1.82, 2.24) is 5.32 Å². The summed E-state index contributed by atoms with van der Waals surface area (Å²) in [7, 11) is 0. The van der Waals surface area contributed by atoms with Gasteiger partial charge in [-0.2, -0.15) is 0 Å². The van der Waals surface area contributed by atoms with Crippen molar-refractivity contribution in [2.24, 2.45) is 5.41 Å². The Kier molecular flexibility index (Phi) is 6.42. The molecule has 0 saturated carbocycles. The highest BCUT2D eigenvalue weighted by molar-refractivity contribution is 5.26. The Bertz CT molecular complexity index is 339. The van der Waals surface area contributed by atoms with Gasteiger partial charge in [0.15, 0.2) is 0 Å². The van der Waals surface area contributed by atoms with Gasteiger partial charge in [0.2, 0.25) is 0 Å². The van der Waals surface area contributed by atoms with Gasteiger partial charge in [-0.25, -0.2) is 0 Å². The Morgan fingerprint density at radius 1 is 1.06 bits per heavy atom. The molecule has 0 saturated heterocycles. The van der Waals surface area contributed by atoms with Gasteiger partial charge in [-0.1, -0.05) is 45.0 Å². The minimum atomic E-state index is 0.418. The van der Waals surface area contributed by atoms with Crippen LogP contribution in [-0.4, -0.2) is 13.1 Å². The lowest BCUT2D eigenvalue weighted by atomic mass is 9.76. The SMILES string of the molecule is CCCNCC(CC)(CC)Cc1ccccc1C. The summed E-state index contributed by atoms with van der Waals surface area (Å²) in [6.07, 6.45) is 4.90. The predicted octanol–water partition coefficient (Wildman–Crippen LogP) is 4.34. The van der Waals surface area contributed by atoms with Gasteiger partial charge in [0.25, 0.3) is 0 Å². The van der Waals surface area contributed by atoms with Gasteiger partial charge >= 0.3 is 0 Å². The summed E-state index contributed by atoms with van der Waals surface area (Å²) in [5, 5.41) is 3.62. The maximum atomic E-state index is 3.62. The molecular weight excluding hydrogens is 218 g/mol. The van der Waals surface area contributed by atoms with E-state index in [1.54, 1.807) is 0 Å². The fraction of sp³-hybridized carbons (Fsp3) is 0.647. The summed E-state index contributed by atoms with van der Waals surface area (Å²) in [6.45, 7) is 11.4. The van der Waals surface area contributed by atoms with Crippen LogP contribution in [0.25, 0.3) is 0 Å². The maximum Gasteiger partial charge on any atom is 0.00108 e. The van der Waals surface area contributed by atoms with Crippen LogP contribution in [0.1, 0.15) is 51.2 Å². The van der Waals surface area contributed by atoms with Crippen LogP contribution in [0.3, 0.4) is 0 Å². The molecule has 0 radical (unpaired) electrons. The molecule has 0 unspecified atom stereocenters. The van der Waals surface area contributed by atoms with Gasteiger partial charge in [0.1, 0.15) is 0 Å². The van der Waals surface area contributed by atoms with E-state index in [9.17, 15) is 0 Å². The molecule has 0 amide bonds. The number of hydrogen-bond donors (Lipinski definition) is 1. The zero-order valence-electron chi connectivity index (χ0n) is 12.6. The molecular formula is C17H29N. The third kappa shape index (κ3) is 4.13. The minimum Gasteiger partial charge on any atom is -0.316 e. The van der Waals surface area contributed by atoms with Crippen molar-refractivity contribution in [3.8, 4) is 0 Å². The fourth-order valence-corrected chi connectivity index (χ4v) is 2.56. The van der Waals surface area contributed by atoms with E-state index in [2.05, 4.69) is 57.3 Å². The zero-order valence-corrected chi connectivity index (χ0v) is 12.6. The van der Waals surface area contributed by atoms with Crippen LogP contribution < -0.4 is 5.32 Å². The number of nitrogens with one attached hydrogen (secondary N) is 1. The van der Waals surface area contributed by atoms with Gasteiger partial charge in [0, 0.05) is 6.54 Å². The second-order valence-electron chi connectivity index (χ2n) is 5.49. The molecule has 0 atom stereocenters. The summed E-state index contributed by atoms with van der Waals surface area (Å²) in [6, 6.07) is 8.81. The van der Waals surface area contributed by atoms with Crippen LogP contribution in [-0.2, 0) is 6.42 Å². The molecule has 1 nitrogen and oxygen atoms in total. The van der Waals surface area contributed by atoms with Crippen molar-refractivity contribution in [3.63, 3.8) is 0 Å².